The Hall–Kier alpha value is -0.0400. The van der Waals surface area contributed by atoms with E-state index in [1.807, 2.05) is 0 Å². The molecule has 1 nitrogen and oxygen atoms in total. The topological polar surface area (TPSA) is 20.2 Å². The third-order valence-electron chi connectivity index (χ3n) is 3.68. The minimum Gasteiger partial charge on any atom is -0.389 e. The van der Waals surface area contributed by atoms with Crippen molar-refractivity contribution in [2.75, 3.05) is 0 Å². The summed E-state index contributed by atoms with van der Waals surface area (Å²) in [5.74, 6) is 2.00. The predicted octanol–water partition coefficient (Wildman–Crippen LogP) is 2.58. The van der Waals surface area contributed by atoms with Gasteiger partial charge in [-0.3, -0.25) is 0 Å². The van der Waals surface area contributed by atoms with E-state index in [0.29, 0.717) is 17.8 Å². The van der Waals surface area contributed by atoms with Crippen LogP contribution in [0.4, 0.5) is 0 Å². The Labute approximate surface area is 75.2 Å². The number of hydrogen-bond donors (Lipinski definition) is 1. The molecule has 1 heteroatoms. The lowest BCUT2D eigenvalue weighted by atomic mass is 10.0. The monoisotopic (exact) mass is 168 g/mol. The fourth-order valence-corrected chi connectivity index (χ4v) is 3.18. The zero-order valence-electron chi connectivity index (χ0n) is 8.21. The van der Waals surface area contributed by atoms with E-state index in [9.17, 15) is 5.11 Å². The van der Waals surface area contributed by atoms with Crippen molar-refractivity contribution >= 4 is 0 Å². The molecule has 2 rings (SSSR count). The van der Waals surface area contributed by atoms with E-state index in [1.54, 1.807) is 0 Å². The Kier molecular flexibility index (Phi) is 1.95. The first-order valence-electron chi connectivity index (χ1n) is 5.37. The van der Waals surface area contributed by atoms with Crippen LogP contribution in [0.15, 0.2) is 0 Å². The lowest BCUT2D eigenvalue weighted by molar-refractivity contribution is 0.0941. The molecule has 2 unspecified atom stereocenters. The van der Waals surface area contributed by atoms with Crippen molar-refractivity contribution in [1.82, 2.24) is 0 Å². The minimum atomic E-state index is -0.231. The number of rotatable bonds is 2. The highest BCUT2D eigenvalue weighted by Crippen LogP contribution is 2.61. The van der Waals surface area contributed by atoms with Crippen molar-refractivity contribution in [3.05, 3.63) is 0 Å². The molecule has 0 radical (unpaired) electrons. The van der Waals surface area contributed by atoms with E-state index in [-0.39, 0.29) is 5.60 Å². The van der Waals surface area contributed by atoms with Crippen LogP contribution >= 0.6 is 0 Å². The van der Waals surface area contributed by atoms with Crippen LogP contribution in [0.5, 0.6) is 0 Å². The third-order valence-corrected chi connectivity index (χ3v) is 3.68. The van der Waals surface area contributed by atoms with E-state index < -0.39 is 0 Å². The molecule has 0 aromatic carbocycles. The van der Waals surface area contributed by atoms with Gasteiger partial charge in [-0.05, 0) is 37.0 Å². The molecule has 2 fully saturated rings. The largest absolute Gasteiger partial charge is 0.389 e. The SMILES string of the molecule is CC(C)CC1(O)C2CCCCC21. The van der Waals surface area contributed by atoms with Crippen molar-refractivity contribution in [1.29, 1.82) is 0 Å². The quantitative estimate of drug-likeness (QED) is 0.672. The average Bonchev–Trinajstić information content (AvgIpc) is 2.57. The van der Waals surface area contributed by atoms with Crippen molar-refractivity contribution in [2.45, 2.75) is 51.6 Å². The molecule has 2 atom stereocenters. The molecule has 1 N–H and O–H groups in total. The molecule has 12 heavy (non-hydrogen) atoms. The maximum absolute atomic E-state index is 10.3. The second-order valence-corrected chi connectivity index (χ2v) is 5.09. The van der Waals surface area contributed by atoms with Crippen molar-refractivity contribution in [2.24, 2.45) is 17.8 Å². The second-order valence-electron chi connectivity index (χ2n) is 5.09. The average molecular weight is 168 g/mol. The van der Waals surface area contributed by atoms with Crippen LogP contribution in [0.3, 0.4) is 0 Å². The van der Waals surface area contributed by atoms with Gasteiger partial charge in [-0.2, -0.15) is 0 Å². The van der Waals surface area contributed by atoms with Gasteiger partial charge in [0.25, 0.3) is 0 Å². The number of fused-ring (bicyclic) bond motifs is 1. The van der Waals surface area contributed by atoms with Gasteiger partial charge in [0.1, 0.15) is 0 Å². The highest BCUT2D eigenvalue weighted by molar-refractivity contribution is 5.13. The van der Waals surface area contributed by atoms with Crippen LogP contribution < -0.4 is 0 Å². The van der Waals surface area contributed by atoms with Crippen LogP contribution in [0.25, 0.3) is 0 Å². The first-order chi connectivity index (χ1) is 5.64. The molecule has 0 amide bonds. The minimum absolute atomic E-state index is 0.231. The van der Waals surface area contributed by atoms with Crippen LogP contribution in [0, 0.1) is 17.8 Å². The molecule has 0 saturated heterocycles. The molecule has 2 saturated carbocycles. The second kappa shape index (κ2) is 2.73. The zero-order valence-corrected chi connectivity index (χ0v) is 8.21. The molecule has 0 bridgehead atoms. The van der Waals surface area contributed by atoms with Crippen LogP contribution in [0.2, 0.25) is 0 Å². The summed E-state index contributed by atoms with van der Waals surface area (Å²) in [7, 11) is 0. The van der Waals surface area contributed by atoms with Gasteiger partial charge in [-0.15, -0.1) is 0 Å². The Morgan fingerprint density at radius 2 is 1.75 bits per heavy atom. The van der Waals surface area contributed by atoms with E-state index >= 15 is 0 Å². The van der Waals surface area contributed by atoms with Gasteiger partial charge in [-0.1, -0.05) is 26.7 Å². The first-order valence-corrected chi connectivity index (χ1v) is 5.37. The zero-order chi connectivity index (χ0) is 8.77. The highest BCUT2D eigenvalue weighted by Gasteiger charge is 2.63. The Bertz CT molecular complexity index is 162. The normalized spacial score (nSPS) is 46.0. The summed E-state index contributed by atoms with van der Waals surface area (Å²) in [6.45, 7) is 4.42. The van der Waals surface area contributed by atoms with E-state index in [0.717, 1.165) is 6.42 Å². The molecule has 0 heterocycles. The van der Waals surface area contributed by atoms with Crippen molar-refractivity contribution < 1.29 is 5.11 Å². The Morgan fingerprint density at radius 1 is 1.25 bits per heavy atom. The lowest BCUT2D eigenvalue weighted by Gasteiger charge is -2.12. The summed E-state index contributed by atoms with van der Waals surface area (Å²) in [5.41, 5.74) is -0.231. The molecular formula is C11H20O. The van der Waals surface area contributed by atoms with Crippen LogP contribution in [-0.4, -0.2) is 10.7 Å². The van der Waals surface area contributed by atoms with Gasteiger partial charge >= 0.3 is 0 Å². The number of hydrogen-bond acceptors (Lipinski definition) is 1. The van der Waals surface area contributed by atoms with E-state index in [4.69, 9.17) is 0 Å². The summed E-state index contributed by atoms with van der Waals surface area (Å²) in [6.07, 6.45) is 6.30. The molecule has 0 aliphatic heterocycles. The summed E-state index contributed by atoms with van der Waals surface area (Å²) in [6, 6.07) is 0. The lowest BCUT2D eigenvalue weighted by Crippen LogP contribution is -2.15. The van der Waals surface area contributed by atoms with Crippen molar-refractivity contribution in [3.63, 3.8) is 0 Å². The van der Waals surface area contributed by atoms with Gasteiger partial charge in [0.2, 0.25) is 0 Å². The first kappa shape index (κ1) is 8.55. The fourth-order valence-electron chi connectivity index (χ4n) is 3.18. The van der Waals surface area contributed by atoms with Crippen LogP contribution in [-0.2, 0) is 0 Å². The number of aliphatic hydroxyl groups is 1. The van der Waals surface area contributed by atoms with Gasteiger partial charge in [0.05, 0.1) is 5.60 Å². The third kappa shape index (κ3) is 1.19. The van der Waals surface area contributed by atoms with Gasteiger partial charge in [-0.25, -0.2) is 0 Å². The molecular weight excluding hydrogens is 148 g/mol. The molecule has 0 spiro atoms. The predicted molar refractivity (Wildman–Crippen MR) is 49.9 cm³/mol. The Balaban J connectivity index is 1.96. The fraction of sp³-hybridized carbons (Fsp3) is 1.00. The maximum atomic E-state index is 10.3. The van der Waals surface area contributed by atoms with Gasteiger partial charge < -0.3 is 5.11 Å². The standard InChI is InChI=1S/C11H20O/c1-8(2)7-11(12)9-5-3-4-6-10(9)11/h8-10,12H,3-7H2,1-2H3. The van der Waals surface area contributed by atoms with Gasteiger partial charge in [0, 0.05) is 0 Å². The highest BCUT2D eigenvalue weighted by atomic mass is 16.3. The van der Waals surface area contributed by atoms with E-state index in [2.05, 4.69) is 13.8 Å². The molecule has 0 aromatic rings. The molecule has 2 aliphatic carbocycles. The molecule has 0 aromatic heterocycles. The summed E-state index contributed by atoms with van der Waals surface area (Å²) < 4.78 is 0. The summed E-state index contributed by atoms with van der Waals surface area (Å²) >= 11 is 0. The maximum Gasteiger partial charge on any atom is 0.0713 e. The van der Waals surface area contributed by atoms with Crippen LogP contribution in [0.1, 0.15) is 46.0 Å². The smallest absolute Gasteiger partial charge is 0.0713 e. The van der Waals surface area contributed by atoms with Gasteiger partial charge in [0.15, 0.2) is 0 Å². The summed E-state index contributed by atoms with van der Waals surface area (Å²) in [4.78, 5) is 0. The molecule has 70 valence electrons. The van der Waals surface area contributed by atoms with Crippen molar-refractivity contribution in [3.8, 4) is 0 Å². The summed E-state index contributed by atoms with van der Waals surface area (Å²) in [5, 5.41) is 10.3. The Morgan fingerprint density at radius 3 is 2.17 bits per heavy atom. The van der Waals surface area contributed by atoms with E-state index in [1.165, 1.54) is 25.7 Å². The molecule has 2 aliphatic rings.